The minimum Gasteiger partial charge on any atom is -0.360 e. The number of morpholine rings is 1. The first kappa shape index (κ1) is 10.3. The Morgan fingerprint density at radius 2 is 2.17 bits per heavy atom. The highest BCUT2D eigenvalue weighted by atomic mass is 32.1. The molecule has 0 radical (unpaired) electrons. The molecule has 1 saturated heterocycles. The maximum absolute atomic E-state index is 5.63. The molecule has 3 nitrogen and oxygen atoms in total. The van der Waals surface area contributed by atoms with Gasteiger partial charge >= 0.3 is 0 Å². The first-order chi connectivity index (χ1) is 5.77. The van der Waals surface area contributed by atoms with Gasteiger partial charge in [0.05, 0.1) is 6.61 Å². The lowest BCUT2D eigenvalue weighted by Gasteiger charge is -2.36. The van der Waals surface area contributed by atoms with Crippen molar-refractivity contribution in [1.82, 2.24) is 9.21 Å². The fourth-order valence-electron chi connectivity index (χ4n) is 1.47. The maximum atomic E-state index is 5.63. The largest absolute Gasteiger partial charge is 0.360 e. The van der Waals surface area contributed by atoms with E-state index in [0.717, 1.165) is 32.8 Å². The molecule has 1 fully saturated rings. The van der Waals surface area contributed by atoms with Crippen molar-refractivity contribution in [1.29, 1.82) is 0 Å². The van der Waals surface area contributed by atoms with Crippen LogP contribution in [0.2, 0.25) is 0 Å². The van der Waals surface area contributed by atoms with E-state index in [2.05, 4.69) is 31.6 Å². The normalized spacial score (nSPS) is 26.5. The molecule has 1 rings (SSSR count). The summed E-state index contributed by atoms with van der Waals surface area (Å²) in [5.74, 6) is 0. The van der Waals surface area contributed by atoms with Gasteiger partial charge in [0.15, 0.2) is 0 Å². The van der Waals surface area contributed by atoms with E-state index >= 15 is 0 Å². The molecule has 0 spiro atoms. The van der Waals surface area contributed by atoms with Gasteiger partial charge in [0, 0.05) is 13.1 Å². The Labute approximate surface area is 80.2 Å². The van der Waals surface area contributed by atoms with E-state index in [9.17, 15) is 0 Å². The molecule has 0 bridgehead atoms. The Morgan fingerprint density at radius 3 is 2.67 bits per heavy atom. The summed E-state index contributed by atoms with van der Waals surface area (Å²) in [6.07, 6.45) is 0.242. The zero-order valence-electron chi connectivity index (χ0n) is 7.86. The highest BCUT2D eigenvalue weighted by Crippen LogP contribution is 2.10. The lowest BCUT2D eigenvalue weighted by molar-refractivity contribution is -0.0889. The molecule has 0 aromatic carbocycles. The van der Waals surface area contributed by atoms with Crippen LogP contribution >= 0.6 is 12.8 Å². The third-order valence-electron chi connectivity index (χ3n) is 2.25. The second kappa shape index (κ2) is 5.07. The molecular weight excluding hydrogens is 172 g/mol. The van der Waals surface area contributed by atoms with Crippen molar-refractivity contribution in [3.8, 4) is 0 Å². The molecule has 72 valence electrons. The fourth-order valence-corrected chi connectivity index (χ4v) is 1.69. The summed E-state index contributed by atoms with van der Waals surface area (Å²) < 4.78 is 7.65. The van der Waals surface area contributed by atoms with E-state index in [1.807, 2.05) is 4.31 Å². The Kier molecular flexibility index (Phi) is 4.35. The Morgan fingerprint density at radius 1 is 1.50 bits per heavy atom. The SMILES string of the molecule is CCN(CC)C1CN(S)CCO1. The van der Waals surface area contributed by atoms with Gasteiger partial charge in [-0.25, -0.2) is 4.31 Å². The Bertz CT molecular complexity index is 130. The van der Waals surface area contributed by atoms with Crippen molar-refractivity contribution in [2.75, 3.05) is 32.8 Å². The molecule has 0 aromatic heterocycles. The van der Waals surface area contributed by atoms with Crippen LogP contribution in [0.25, 0.3) is 0 Å². The summed E-state index contributed by atoms with van der Waals surface area (Å²) in [5.41, 5.74) is 0. The molecule has 0 N–H and O–H groups in total. The Hall–Kier alpha value is 0.230. The summed E-state index contributed by atoms with van der Waals surface area (Å²) in [6.45, 7) is 9.04. The number of nitrogens with zero attached hydrogens (tertiary/aromatic N) is 2. The first-order valence-electron chi connectivity index (χ1n) is 4.57. The van der Waals surface area contributed by atoms with E-state index in [-0.39, 0.29) is 6.23 Å². The zero-order valence-corrected chi connectivity index (χ0v) is 8.76. The highest BCUT2D eigenvalue weighted by molar-refractivity contribution is 7.77. The zero-order chi connectivity index (χ0) is 8.97. The average molecular weight is 190 g/mol. The van der Waals surface area contributed by atoms with Gasteiger partial charge in [-0.15, -0.1) is 0 Å². The van der Waals surface area contributed by atoms with Crippen LogP contribution in [-0.4, -0.2) is 48.2 Å². The minimum absolute atomic E-state index is 0.242. The minimum atomic E-state index is 0.242. The number of ether oxygens (including phenoxy) is 1. The second-order valence-electron chi connectivity index (χ2n) is 2.96. The first-order valence-corrected chi connectivity index (χ1v) is 4.97. The van der Waals surface area contributed by atoms with Gasteiger partial charge in [-0.05, 0) is 13.1 Å². The van der Waals surface area contributed by atoms with Crippen LogP contribution in [0.4, 0.5) is 0 Å². The summed E-state index contributed by atoms with van der Waals surface area (Å²) in [6, 6.07) is 0. The van der Waals surface area contributed by atoms with Crippen LogP contribution in [0.3, 0.4) is 0 Å². The van der Waals surface area contributed by atoms with Crippen LogP contribution < -0.4 is 0 Å². The quantitative estimate of drug-likeness (QED) is 0.664. The molecule has 1 atom stereocenters. The van der Waals surface area contributed by atoms with Crippen LogP contribution in [0.5, 0.6) is 0 Å². The van der Waals surface area contributed by atoms with Crippen LogP contribution in [0.15, 0.2) is 0 Å². The molecular formula is C8H18N2OS. The molecule has 1 unspecified atom stereocenters. The van der Waals surface area contributed by atoms with Gasteiger partial charge in [0.25, 0.3) is 0 Å². The van der Waals surface area contributed by atoms with Gasteiger partial charge in [-0.3, -0.25) is 4.90 Å². The van der Waals surface area contributed by atoms with E-state index in [1.54, 1.807) is 0 Å². The summed E-state index contributed by atoms with van der Waals surface area (Å²) in [4.78, 5) is 2.31. The number of thiol groups is 1. The maximum Gasteiger partial charge on any atom is 0.124 e. The van der Waals surface area contributed by atoms with Crippen molar-refractivity contribution < 1.29 is 4.74 Å². The molecule has 0 aromatic rings. The van der Waals surface area contributed by atoms with Gasteiger partial charge in [-0.2, -0.15) is 0 Å². The standard InChI is InChI=1S/C8H18N2OS/c1-3-9(4-2)8-7-10(12)5-6-11-8/h8,12H,3-7H2,1-2H3. The number of hydrogen-bond donors (Lipinski definition) is 1. The lowest BCUT2D eigenvalue weighted by atomic mass is 10.4. The highest BCUT2D eigenvalue weighted by Gasteiger charge is 2.22. The molecule has 0 amide bonds. The van der Waals surface area contributed by atoms with Crippen molar-refractivity contribution in [2.45, 2.75) is 20.1 Å². The van der Waals surface area contributed by atoms with Gasteiger partial charge in [0.2, 0.25) is 0 Å². The molecule has 4 heteroatoms. The van der Waals surface area contributed by atoms with Gasteiger partial charge < -0.3 is 4.74 Å². The molecule has 1 aliphatic rings. The molecule has 1 heterocycles. The van der Waals surface area contributed by atoms with Crippen LogP contribution in [0, 0.1) is 0 Å². The van der Waals surface area contributed by atoms with Crippen LogP contribution in [-0.2, 0) is 4.74 Å². The molecule has 0 saturated carbocycles. The van der Waals surface area contributed by atoms with E-state index in [4.69, 9.17) is 4.74 Å². The van der Waals surface area contributed by atoms with E-state index in [1.165, 1.54) is 0 Å². The third kappa shape index (κ3) is 2.62. The smallest absolute Gasteiger partial charge is 0.124 e. The van der Waals surface area contributed by atoms with Crippen LogP contribution in [0.1, 0.15) is 13.8 Å². The molecule has 1 aliphatic heterocycles. The number of rotatable bonds is 3. The fraction of sp³-hybridized carbons (Fsp3) is 1.00. The Balaban J connectivity index is 2.38. The monoisotopic (exact) mass is 190 g/mol. The van der Waals surface area contributed by atoms with Crippen molar-refractivity contribution in [2.24, 2.45) is 0 Å². The van der Waals surface area contributed by atoms with Crippen molar-refractivity contribution >= 4 is 12.8 Å². The predicted molar refractivity (Wildman–Crippen MR) is 53.2 cm³/mol. The van der Waals surface area contributed by atoms with E-state index in [0.29, 0.717) is 0 Å². The molecule has 0 aliphatic carbocycles. The van der Waals surface area contributed by atoms with E-state index < -0.39 is 0 Å². The van der Waals surface area contributed by atoms with Crippen molar-refractivity contribution in [3.05, 3.63) is 0 Å². The second-order valence-corrected chi connectivity index (χ2v) is 3.52. The number of hydrogen-bond acceptors (Lipinski definition) is 4. The summed E-state index contributed by atoms with van der Waals surface area (Å²) in [7, 11) is 0. The van der Waals surface area contributed by atoms with Gasteiger partial charge in [-0.1, -0.05) is 26.7 Å². The molecule has 12 heavy (non-hydrogen) atoms. The lowest BCUT2D eigenvalue weighted by Crippen LogP contribution is -2.48. The van der Waals surface area contributed by atoms with Crippen molar-refractivity contribution in [3.63, 3.8) is 0 Å². The van der Waals surface area contributed by atoms with Gasteiger partial charge in [0.1, 0.15) is 6.23 Å². The summed E-state index contributed by atoms with van der Waals surface area (Å²) >= 11 is 4.32. The third-order valence-corrected chi connectivity index (χ3v) is 2.61. The topological polar surface area (TPSA) is 15.7 Å². The number of likely N-dealkylation sites (N-methyl/N-ethyl adjacent to an activating group) is 1. The predicted octanol–water partition coefficient (Wildman–Crippen LogP) is 0.831. The average Bonchev–Trinajstić information content (AvgIpc) is 2.07. The summed E-state index contributed by atoms with van der Waals surface area (Å²) in [5, 5.41) is 0.